The van der Waals surface area contributed by atoms with Crippen molar-refractivity contribution >= 4 is 19.5 Å². The van der Waals surface area contributed by atoms with Gasteiger partial charge in [-0.25, -0.2) is 4.57 Å². The topological polar surface area (TPSA) is 142 Å². The van der Waals surface area contributed by atoms with Crippen LogP contribution in [0.4, 0.5) is 0 Å². The van der Waals surface area contributed by atoms with Crippen molar-refractivity contribution in [3.8, 4) is 0 Å². The van der Waals surface area contributed by atoms with Gasteiger partial charge < -0.3 is 24.9 Å². The number of likely N-dealkylation sites (N-methyl/N-ethyl adjacent to an activating group) is 1. The number of carbonyl (C=O) groups excluding carboxylic acids is 2. The molecule has 0 spiro atoms. The van der Waals surface area contributed by atoms with E-state index in [0.29, 0.717) is 43.1 Å². The predicted molar refractivity (Wildman–Crippen MR) is 211 cm³/mol. The fourth-order valence-electron chi connectivity index (χ4n) is 5.63. The molecule has 52 heavy (non-hydrogen) atoms. The Morgan fingerprint density at radius 2 is 1.54 bits per heavy atom. The first-order chi connectivity index (χ1) is 24.8. The Hall–Kier alpha value is -2.17. The summed E-state index contributed by atoms with van der Waals surface area (Å²) in [6.45, 7) is 4.45. The van der Waals surface area contributed by atoms with Crippen molar-refractivity contribution in [1.82, 2.24) is 5.32 Å². The summed E-state index contributed by atoms with van der Waals surface area (Å²) < 4.78 is 23.4. The molecule has 0 aromatic carbocycles. The van der Waals surface area contributed by atoms with Crippen molar-refractivity contribution in [2.24, 2.45) is 11.8 Å². The summed E-state index contributed by atoms with van der Waals surface area (Å²) >= 11 is 0. The van der Waals surface area contributed by atoms with Crippen LogP contribution in [-0.4, -0.2) is 90.4 Å². The molecule has 0 saturated heterocycles. The molecule has 1 aliphatic carbocycles. The van der Waals surface area contributed by atoms with E-state index in [1.807, 2.05) is 51.5 Å². The zero-order valence-electron chi connectivity index (χ0n) is 32.9. The number of ketones is 1. The van der Waals surface area contributed by atoms with Crippen LogP contribution in [0.2, 0.25) is 0 Å². The first-order valence-corrected chi connectivity index (χ1v) is 21.2. The summed E-state index contributed by atoms with van der Waals surface area (Å²) in [7, 11) is 1.42. The molecule has 0 saturated carbocycles. The number of aliphatic hydroxyl groups excluding tert-OH is 2. The van der Waals surface area contributed by atoms with Crippen molar-refractivity contribution in [2.45, 2.75) is 135 Å². The number of quaternary nitrogens is 1. The number of unbranched alkanes of at least 4 members (excludes halogenated alkanes) is 9. The van der Waals surface area contributed by atoms with E-state index in [0.717, 1.165) is 32.1 Å². The summed E-state index contributed by atoms with van der Waals surface area (Å²) in [6.07, 6.45) is 32.1. The van der Waals surface area contributed by atoms with Crippen molar-refractivity contribution in [3.05, 3.63) is 60.8 Å². The second-order valence-corrected chi connectivity index (χ2v) is 16.4. The summed E-state index contributed by atoms with van der Waals surface area (Å²) in [5.41, 5.74) is 0. The number of phosphoric ester groups is 1. The number of nitrogens with one attached hydrogen (secondary N) is 1. The molecule has 11 heteroatoms. The van der Waals surface area contributed by atoms with Gasteiger partial charge in [-0.15, -0.1) is 0 Å². The van der Waals surface area contributed by atoms with Crippen LogP contribution in [0.1, 0.15) is 117 Å². The number of amides is 1. The molecule has 4 N–H and O–H groups in total. The summed E-state index contributed by atoms with van der Waals surface area (Å²) in [5.74, 6) is -0.482. The van der Waals surface area contributed by atoms with Gasteiger partial charge in [-0.1, -0.05) is 113 Å². The summed E-state index contributed by atoms with van der Waals surface area (Å²) in [6, 6.07) is -0.942. The Bertz CT molecular complexity index is 1180. The molecular weight excluding hydrogens is 679 g/mol. The van der Waals surface area contributed by atoms with E-state index in [1.54, 1.807) is 18.2 Å². The van der Waals surface area contributed by atoms with E-state index in [-0.39, 0.29) is 36.6 Å². The van der Waals surface area contributed by atoms with Crippen molar-refractivity contribution in [3.63, 3.8) is 0 Å². The van der Waals surface area contributed by atoms with Crippen LogP contribution in [0.3, 0.4) is 0 Å². The molecule has 0 aliphatic heterocycles. The highest BCUT2D eigenvalue weighted by molar-refractivity contribution is 7.47. The second kappa shape index (κ2) is 28.3. The Kier molecular flexibility index (Phi) is 26.0. The summed E-state index contributed by atoms with van der Waals surface area (Å²) in [5, 5.41) is 23.9. The van der Waals surface area contributed by atoms with Crippen LogP contribution in [0, 0.1) is 11.8 Å². The van der Waals surface area contributed by atoms with Gasteiger partial charge in [-0.3, -0.25) is 18.6 Å². The van der Waals surface area contributed by atoms with Gasteiger partial charge in [-0.05, 0) is 63.4 Å². The van der Waals surface area contributed by atoms with E-state index >= 15 is 0 Å². The number of nitrogens with zero attached hydrogens (tertiary/aromatic N) is 1. The van der Waals surface area contributed by atoms with Gasteiger partial charge in [0.1, 0.15) is 13.2 Å². The molecule has 1 unspecified atom stereocenters. The summed E-state index contributed by atoms with van der Waals surface area (Å²) in [4.78, 5) is 35.5. The molecule has 0 heterocycles. The van der Waals surface area contributed by atoms with Crippen LogP contribution in [0.25, 0.3) is 0 Å². The normalized spacial score (nSPS) is 19.7. The number of hydrogen-bond acceptors (Lipinski definition) is 7. The Balaban J connectivity index is 2.62. The second-order valence-electron chi connectivity index (χ2n) is 15.0. The third kappa shape index (κ3) is 25.0. The van der Waals surface area contributed by atoms with Crippen LogP contribution < -0.4 is 5.32 Å². The van der Waals surface area contributed by atoms with Gasteiger partial charge in [0, 0.05) is 12.3 Å². The molecule has 0 radical (unpaired) electrons. The smallest absolute Gasteiger partial charge is 0.389 e. The quantitative estimate of drug-likeness (QED) is 0.0242. The SMILES string of the molecule is CCCCCCC/C=C\CC/C=C/[C@@H](O)[C@H](COP(=O)(O)OCC[N+](C)(C)C)NC(=O)CCC/C=C\C[C@H]1C=CC(=O)[C@@H]1/C=C/[C@@H](O)CCCCC. The number of aliphatic hydroxyl groups is 2. The largest absolute Gasteiger partial charge is 0.472 e. The van der Waals surface area contributed by atoms with Gasteiger partial charge in [0.2, 0.25) is 5.91 Å². The highest BCUT2D eigenvalue weighted by atomic mass is 31.2. The Morgan fingerprint density at radius 3 is 2.27 bits per heavy atom. The highest BCUT2D eigenvalue weighted by Gasteiger charge is 2.28. The lowest BCUT2D eigenvalue weighted by Crippen LogP contribution is -2.45. The van der Waals surface area contributed by atoms with Crippen molar-refractivity contribution in [2.75, 3.05) is 40.9 Å². The van der Waals surface area contributed by atoms with Gasteiger partial charge in [0.15, 0.2) is 5.78 Å². The number of carbonyl (C=O) groups is 2. The van der Waals surface area contributed by atoms with Gasteiger partial charge >= 0.3 is 7.82 Å². The Labute approximate surface area is 315 Å². The maximum Gasteiger partial charge on any atom is 0.472 e. The monoisotopic (exact) mass is 752 g/mol. The predicted octanol–water partition coefficient (Wildman–Crippen LogP) is 7.91. The van der Waals surface area contributed by atoms with Crippen LogP contribution in [0.15, 0.2) is 60.8 Å². The van der Waals surface area contributed by atoms with E-state index in [1.165, 1.54) is 32.1 Å². The van der Waals surface area contributed by atoms with Gasteiger partial charge in [0.25, 0.3) is 0 Å². The fraction of sp³-hybridized carbons (Fsp3) is 0.707. The molecule has 6 atom stereocenters. The zero-order chi connectivity index (χ0) is 38.7. The molecule has 0 aromatic heterocycles. The van der Waals surface area contributed by atoms with Crippen LogP contribution >= 0.6 is 7.82 Å². The van der Waals surface area contributed by atoms with E-state index < -0.39 is 32.7 Å². The van der Waals surface area contributed by atoms with Gasteiger partial charge in [0.05, 0.1) is 46.0 Å². The minimum absolute atomic E-state index is 0.0173. The van der Waals surface area contributed by atoms with Gasteiger partial charge in [-0.2, -0.15) is 0 Å². The molecule has 1 rings (SSSR count). The molecule has 10 nitrogen and oxygen atoms in total. The van der Waals surface area contributed by atoms with Crippen molar-refractivity contribution < 1.29 is 42.8 Å². The molecule has 298 valence electrons. The zero-order valence-corrected chi connectivity index (χ0v) is 33.8. The van der Waals surface area contributed by atoms with E-state index in [4.69, 9.17) is 9.05 Å². The molecule has 0 fully saturated rings. The lowest BCUT2D eigenvalue weighted by molar-refractivity contribution is -0.870. The average molecular weight is 752 g/mol. The number of phosphoric acid groups is 1. The maximum atomic E-state index is 12.9. The average Bonchev–Trinajstić information content (AvgIpc) is 3.43. The molecule has 0 aromatic rings. The van der Waals surface area contributed by atoms with Crippen LogP contribution in [0.5, 0.6) is 0 Å². The maximum absolute atomic E-state index is 12.9. The number of rotatable bonds is 31. The van der Waals surface area contributed by atoms with E-state index in [2.05, 4.69) is 31.3 Å². The standard InChI is InChI=1S/C41H71N2O8P/c1-6-8-10-11-12-13-14-15-16-17-22-26-40(46)38(34-51-52(48,49)50-33-32-43(3,4)5)42-41(47)27-23-19-18-21-24-35-28-31-39(45)37(35)30-29-36(44)25-20-9-7-2/h14-15,18,21-22,26,28-31,35-38,40,44,46H,6-13,16-17,19-20,23-25,27,32-34H2,1-5H3,(H-,42,47,48,49)/p+1/b15-14-,21-18-,26-22+,30-29+/t35-,36-,37+,38-,40+/m0/s1. The molecule has 0 bridgehead atoms. The molecular formula is C41H72N2O8P+. The molecule has 1 amide bonds. The fourth-order valence-corrected chi connectivity index (χ4v) is 6.37. The first kappa shape index (κ1) is 47.9. The Morgan fingerprint density at radius 1 is 0.885 bits per heavy atom. The van der Waals surface area contributed by atoms with Crippen LogP contribution in [-0.2, 0) is 23.2 Å². The number of allylic oxidation sites excluding steroid dienone is 8. The lowest BCUT2D eigenvalue weighted by Gasteiger charge is -2.25. The third-order valence-corrected chi connectivity index (χ3v) is 9.94. The molecule has 1 aliphatic rings. The van der Waals surface area contributed by atoms with E-state index in [9.17, 15) is 29.3 Å². The lowest BCUT2D eigenvalue weighted by atomic mass is 9.90. The number of hydrogen-bond donors (Lipinski definition) is 4. The minimum Gasteiger partial charge on any atom is -0.389 e. The van der Waals surface area contributed by atoms with Crippen molar-refractivity contribution in [1.29, 1.82) is 0 Å². The first-order valence-electron chi connectivity index (χ1n) is 19.7. The third-order valence-electron chi connectivity index (χ3n) is 8.96. The highest BCUT2D eigenvalue weighted by Crippen LogP contribution is 2.43. The minimum atomic E-state index is -4.40.